The molecule has 1 heterocycles. The van der Waals surface area contributed by atoms with Crippen molar-refractivity contribution in [1.82, 2.24) is 15.5 Å². The van der Waals surface area contributed by atoms with Gasteiger partial charge in [-0.25, -0.2) is 8.42 Å². The molecule has 8 heteroatoms. The smallest absolute Gasteiger partial charge is 0.191 e. The van der Waals surface area contributed by atoms with E-state index in [4.69, 9.17) is 4.74 Å². The molecule has 31 heavy (non-hydrogen) atoms. The first-order valence-electron chi connectivity index (χ1n) is 10.5. The van der Waals surface area contributed by atoms with Crippen LogP contribution < -0.4 is 15.4 Å². The van der Waals surface area contributed by atoms with Crippen LogP contribution in [0.25, 0.3) is 0 Å². The summed E-state index contributed by atoms with van der Waals surface area (Å²) >= 11 is 0. The number of ether oxygens (including phenoxy) is 1. The highest BCUT2D eigenvalue weighted by atomic mass is 32.2. The Morgan fingerprint density at radius 2 is 1.84 bits per heavy atom. The van der Waals surface area contributed by atoms with E-state index in [-0.39, 0.29) is 6.04 Å². The number of nitrogens with one attached hydrogen (secondary N) is 2. The van der Waals surface area contributed by atoms with E-state index in [0.29, 0.717) is 17.4 Å². The molecule has 3 rings (SSSR count). The second-order valence-electron chi connectivity index (χ2n) is 7.76. The third kappa shape index (κ3) is 6.45. The van der Waals surface area contributed by atoms with Crippen LogP contribution in [0, 0.1) is 0 Å². The van der Waals surface area contributed by atoms with Crippen LogP contribution in [-0.2, 0) is 16.4 Å². The van der Waals surface area contributed by atoms with Crippen LogP contribution in [0.2, 0.25) is 0 Å². The van der Waals surface area contributed by atoms with Crippen molar-refractivity contribution in [3.05, 3.63) is 59.7 Å². The fraction of sp³-hybridized carbons (Fsp3) is 0.435. The highest BCUT2D eigenvalue weighted by Crippen LogP contribution is 2.27. The van der Waals surface area contributed by atoms with Crippen LogP contribution >= 0.6 is 0 Å². The average Bonchev–Trinajstić information content (AvgIpc) is 3.30. The van der Waals surface area contributed by atoms with Gasteiger partial charge in [-0.2, -0.15) is 0 Å². The molecule has 1 atom stereocenters. The van der Waals surface area contributed by atoms with Crippen molar-refractivity contribution in [2.45, 2.75) is 30.3 Å². The van der Waals surface area contributed by atoms with Gasteiger partial charge in [-0.1, -0.05) is 24.3 Å². The summed E-state index contributed by atoms with van der Waals surface area (Å²) in [5.74, 6) is 1.57. The molecule has 0 radical (unpaired) electrons. The van der Waals surface area contributed by atoms with E-state index >= 15 is 0 Å². The van der Waals surface area contributed by atoms with Gasteiger partial charge < -0.3 is 15.4 Å². The number of guanidine groups is 1. The lowest BCUT2D eigenvalue weighted by atomic mass is 10.1. The number of hydrogen-bond acceptors (Lipinski definition) is 5. The molecule has 1 aliphatic heterocycles. The summed E-state index contributed by atoms with van der Waals surface area (Å²) < 4.78 is 28.6. The molecule has 1 aliphatic rings. The van der Waals surface area contributed by atoms with E-state index in [0.717, 1.165) is 30.9 Å². The molecular weight excluding hydrogens is 412 g/mol. The van der Waals surface area contributed by atoms with E-state index in [1.54, 1.807) is 26.3 Å². The molecule has 0 saturated carbocycles. The summed E-state index contributed by atoms with van der Waals surface area (Å²) in [6.45, 7) is 3.45. The van der Waals surface area contributed by atoms with Gasteiger partial charge in [0.1, 0.15) is 5.75 Å². The van der Waals surface area contributed by atoms with Crippen molar-refractivity contribution in [2.24, 2.45) is 4.99 Å². The van der Waals surface area contributed by atoms with Crippen molar-refractivity contribution in [1.29, 1.82) is 0 Å². The summed E-state index contributed by atoms with van der Waals surface area (Å²) in [7, 11) is 0.256. The highest BCUT2D eigenvalue weighted by Gasteiger charge is 2.24. The zero-order chi connectivity index (χ0) is 22.3. The largest absolute Gasteiger partial charge is 0.497 e. The van der Waals surface area contributed by atoms with Crippen LogP contribution in [0.3, 0.4) is 0 Å². The fourth-order valence-electron chi connectivity index (χ4n) is 3.81. The van der Waals surface area contributed by atoms with Crippen LogP contribution in [0.15, 0.2) is 58.4 Å². The molecule has 0 bridgehead atoms. The first-order valence-corrected chi connectivity index (χ1v) is 12.4. The zero-order valence-corrected chi connectivity index (χ0v) is 19.3. The normalized spacial score (nSPS) is 16.2. The molecule has 1 saturated heterocycles. The van der Waals surface area contributed by atoms with Crippen LogP contribution in [0.5, 0.6) is 5.75 Å². The van der Waals surface area contributed by atoms with Gasteiger partial charge in [-0.05, 0) is 61.3 Å². The molecular formula is C23H32N4O3S. The molecule has 2 aromatic rings. The number of likely N-dealkylation sites (tertiary alicyclic amines) is 1. The SMILES string of the molecule is CN=C(NCc1ccc(S(C)(=O)=O)cc1)NCC(c1cccc(OC)c1)N1CCCC1. The number of sulfone groups is 1. The summed E-state index contributed by atoms with van der Waals surface area (Å²) in [6, 6.07) is 15.4. The molecule has 0 aromatic heterocycles. The number of aliphatic imine (C=N–C) groups is 1. The van der Waals surface area contributed by atoms with Gasteiger partial charge in [-0.15, -0.1) is 0 Å². The standard InChI is InChI=1S/C23H32N4O3S/c1-24-23(25-16-18-9-11-21(12-10-18)31(3,28)29)26-17-22(27-13-4-5-14-27)19-7-6-8-20(15-19)30-2/h6-12,15,22H,4-5,13-14,16-17H2,1-3H3,(H2,24,25,26). The van der Waals surface area contributed by atoms with Crippen LogP contribution in [0.1, 0.15) is 30.0 Å². The average molecular weight is 445 g/mol. The summed E-state index contributed by atoms with van der Waals surface area (Å²) in [5, 5.41) is 6.76. The van der Waals surface area contributed by atoms with Gasteiger partial charge in [0.25, 0.3) is 0 Å². The van der Waals surface area contributed by atoms with Gasteiger partial charge in [0.15, 0.2) is 15.8 Å². The molecule has 2 aromatic carbocycles. The van der Waals surface area contributed by atoms with Gasteiger partial charge in [-0.3, -0.25) is 9.89 Å². The second-order valence-corrected chi connectivity index (χ2v) is 9.77. The maximum atomic E-state index is 11.6. The number of nitrogens with zero attached hydrogens (tertiary/aromatic N) is 2. The minimum absolute atomic E-state index is 0.227. The summed E-state index contributed by atoms with van der Waals surface area (Å²) in [4.78, 5) is 7.16. The monoisotopic (exact) mass is 444 g/mol. The Labute approximate surface area is 185 Å². The van der Waals surface area contributed by atoms with E-state index in [9.17, 15) is 8.42 Å². The van der Waals surface area contributed by atoms with E-state index in [2.05, 4.69) is 32.7 Å². The first-order chi connectivity index (χ1) is 14.9. The van der Waals surface area contributed by atoms with Gasteiger partial charge in [0.2, 0.25) is 0 Å². The Kier molecular flexibility index (Phi) is 7.92. The second kappa shape index (κ2) is 10.6. The third-order valence-electron chi connectivity index (χ3n) is 5.56. The topological polar surface area (TPSA) is 83.0 Å². The third-order valence-corrected chi connectivity index (χ3v) is 6.69. The lowest BCUT2D eigenvalue weighted by Crippen LogP contribution is -2.42. The van der Waals surface area contributed by atoms with Gasteiger partial charge >= 0.3 is 0 Å². The minimum atomic E-state index is -3.18. The Bertz CT molecular complexity index is 984. The predicted octanol–water partition coefficient (Wildman–Crippen LogP) is 2.60. The number of benzene rings is 2. The maximum Gasteiger partial charge on any atom is 0.191 e. The molecule has 168 valence electrons. The van der Waals surface area contributed by atoms with Crippen molar-refractivity contribution < 1.29 is 13.2 Å². The Morgan fingerprint density at radius 3 is 2.45 bits per heavy atom. The van der Waals surface area contributed by atoms with Crippen LogP contribution in [-0.4, -0.2) is 59.3 Å². The van der Waals surface area contributed by atoms with E-state index < -0.39 is 9.84 Å². The molecule has 1 unspecified atom stereocenters. The molecule has 0 spiro atoms. The van der Waals surface area contributed by atoms with E-state index in [1.165, 1.54) is 24.7 Å². The van der Waals surface area contributed by atoms with Gasteiger partial charge in [0, 0.05) is 26.4 Å². The predicted molar refractivity (Wildman–Crippen MR) is 124 cm³/mol. The van der Waals surface area contributed by atoms with Crippen LogP contribution in [0.4, 0.5) is 0 Å². The summed E-state index contributed by atoms with van der Waals surface area (Å²) in [6.07, 6.45) is 3.65. The lowest BCUT2D eigenvalue weighted by Gasteiger charge is -2.29. The van der Waals surface area contributed by atoms with Crippen molar-refractivity contribution >= 4 is 15.8 Å². The molecule has 7 nitrogen and oxygen atoms in total. The number of methoxy groups -OCH3 is 1. The molecule has 0 amide bonds. The molecule has 1 fully saturated rings. The molecule has 2 N–H and O–H groups in total. The highest BCUT2D eigenvalue weighted by molar-refractivity contribution is 7.90. The Balaban J connectivity index is 1.62. The Hall–Kier alpha value is -2.58. The quantitative estimate of drug-likeness (QED) is 0.481. The van der Waals surface area contributed by atoms with Crippen molar-refractivity contribution in [2.75, 3.05) is 40.0 Å². The van der Waals surface area contributed by atoms with Gasteiger partial charge in [0.05, 0.1) is 18.0 Å². The van der Waals surface area contributed by atoms with E-state index in [1.807, 2.05) is 24.3 Å². The number of hydrogen-bond donors (Lipinski definition) is 2. The Morgan fingerprint density at radius 1 is 1.13 bits per heavy atom. The molecule has 0 aliphatic carbocycles. The van der Waals surface area contributed by atoms with Crippen molar-refractivity contribution in [3.63, 3.8) is 0 Å². The first kappa shape index (κ1) is 23.1. The number of rotatable bonds is 8. The maximum absolute atomic E-state index is 11.6. The zero-order valence-electron chi connectivity index (χ0n) is 18.5. The summed E-state index contributed by atoms with van der Waals surface area (Å²) in [5.41, 5.74) is 2.21. The minimum Gasteiger partial charge on any atom is -0.497 e. The lowest BCUT2D eigenvalue weighted by molar-refractivity contribution is 0.245. The fourth-order valence-corrected chi connectivity index (χ4v) is 4.44. The van der Waals surface area contributed by atoms with Crippen molar-refractivity contribution in [3.8, 4) is 5.75 Å².